The zero-order valence-corrected chi connectivity index (χ0v) is 14.4. The molecular formula is C14H24ClN3O2S. The highest BCUT2D eigenvalue weighted by molar-refractivity contribution is 7.89. The summed E-state index contributed by atoms with van der Waals surface area (Å²) in [5, 5.41) is 3.37. The van der Waals surface area contributed by atoms with Crippen molar-refractivity contribution >= 4 is 22.4 Å². The molecule has 0 aliphatic carbocycles. The third kappa shape index (κ3) is 4.40. The fourth-order valence-corrected chi connectivity index (χ4v) is 3.23. The Morgan fingerprint density at radius 1 is 1.29 bits per heavy atom. The van der Waals surface area contributed by atoms with Crippen molar-refractivity contribution in [3.8, 4) is 0 Å². The lowest BCUT2D eigenvalue weighted by molar-refractivity contribution is 0.165. The van der Waals surface area contributed by atoms with Crippen LogP contribution in [0.4, 0.5) is 0 Å². The van der Waals surface area contributed by atoms with Gasteiger partial charge < -0.3 is 5.32 Å². The van der Waals surface area contributed by atoms with Gasteiger partial charge in [0.05, 0.1) is 4.90 Å². The van der Waals surface area contributed by atoms with Crippen LogP contribution >= 0.6 is 12.4 Å². The normalized spacial score (nSPS) is 20.3. The van der Waals surface area contributed by atoms with Gasteiger partial charge in [0, 0.05) is 46.3 Å². The maximum absolute atomic E-state index is 12.0. The molecule has 2 rings (SSSR count). The van der Waals surface area contributed by atoms with E-state index in [4.69, 9.17) is 0 Å². The Labute approximate surface area is 133 Å². The maximum atomic E-state index is 12.0. The van der Waals surface area contributed by atoms with Crippen LogP contribution in [0.5, 0.6) is 0 Å². The zero-order valence-electron chi connectivity index (χ0n) is 12.7. The molecule has 21 heavy (non-hydrogen) atoms. The molecule has 7 heteroatoms. The molecule has 1 aromatic carbocycles. The van der Waals surface area contributed by atoms with Gasteiger partial charge in [-0.05, 0) is 24.6 Å². The van der Waals surface area contributed by atoms with Crippen LogP contribution in [-0.2, 0) is 16.6 Å². The van der Waals surface area contributed by atoms with Gasteiger partial charge >= 0.3 is 0 Å². The molecule has 0 spiro atoms. The number of hydrogen-bond acceptors (Lipinski definition) is 4. The van der Waals surface area contributed by atoms with Gasteiger partial charge in [-0.2, -0.15) is 0 Å². The van der Waals surface area contributed by atoms with Gasteiger partial charge in [-0.25, -0.2) is 12.7 Å². The van der Waals surface area contributed by atoms with Gasteiger partial charge in [0.25, 0.3) is 0 Å². The van der Waals surface area contributed by atoms with Crippen LogP contribution in [0.2, 0.25) is 0 Å². The highest BCUT2D eigenvalue weighted by Gasteiger charge is 2.19. The fourth-order valence-electron chi connectivity index (χ4n) is 2.33. The number of benzene rings is 1. The smallest absolute Gasteiger partial charge is 0.242 e. The standard InChI is InChI=1S/C14H23N3O2S.ClH/c1-12-10-15-8-9-17(12)11-13-4-6-14(7-5-13)20(18,19)16(2)3;/h4-7,12,15H,8-11H2,1-3H3;1H. The molecule has 1 unspecified atom stereocenters. The quantitative estimate of drug-likeness (QED) is 0.898. The largest absolute Gasteiger partial charge is 0.314 e. The zero-order chi connectivity index (χ0) is 14.8. The van der Waals surface area contributed by atoms with Crippen LogP contribution in [0.25, 0.3) is 0 Å². The third-order valence-corrected chi connectivity index (χ3v) is 5.56. The minimum absolute atomic E-state index is 0. The van der Waals surface area contributed by atoms with Gasteiger partial charge in [-0.1, -0.05) is 12.1 Å². The minimum atomic E-state index is -3.33. The Bertz CT molecular complexity index is 546. The van der Waals surface area contributed by atoms with E-state index in [-0.39, 0.29) is 12.4 Å². The van der Waals surface area contributed by atoms with Gasteiger partial charge in [-0.3, -0.25) is 4.90 Å². The summed E-state index contributed by atoms with van der Waals surface area (Å²) >= 11 is 0. The lowest BCUT2D eigenvalue weighted by Gasteiger charge is -2.33. The minimum Gasteiger partial charge on any atom is -0.314 e. The molecule has 1 aliphatic heterocycles. The Morgan fingerprint density at radius 2 is 1.90 bits per heavy atom. The van der Waals surface area contributed by atoms with Gasteiger partial charge in [0.15, 0.2) is 0 Å². The lowest BCUT2D eigenvalue weighted by Crippen LogP contribution is -2.49. The van der Waals surface area contributed by atoms with Crippen molar-refractivity contribution in [3.63, 3.8) is 0 Å². The monoisotopic (exact) mass is 333 g/mol. The van der Waals surface area contributed by atoms with Gasteiger partial charge in [0.2, 0.25) is 10.0 Å². The van der Waals surface area contributed by atoms with E-state index in [1.54, 1.807) is 26.2 Å². The van der Waals surface area contributed by atoms with Crippen molar-refractivity contribution in [1.29, 1.82) is 0 Å². The SMILES string of the molecule is CC1CNCCN1Cc1ccc(S(=O)(=O)N(C)C)cc1.Cl. The average Bonchev–Trinajstić information content (AvgIpc) is 2.42. The van der Waals surface area contributed by atoms with E-state index in [0.29, 0.717) is 10.9 Å². The lowest BCUT2D eigenvalue weighted by atomic mass is 10.1. The highest BCUT2D eigenvalue weighted by atomic mass is 35.5. The summed E-state index contributed by atoms with van der Waals surface area (Å²) in [6.45, 7) is 6.12. The molecule has 1 heterocycles. The highest BCUT2D eigenvalue weighted by Crippen LogP contribution is 2.16. The van der Waals surface area contributed by atoms with Gasteiger partial charge in [0.1, 0.15) is 0 Å². The molecule has 1 aliphatic rings. The average molecular weight is 334 g/mol. The van der Waals surface area contributed by atoms with Crippen molar-refractivity contribution in [2.75, 3.05) is 33.7 Å². The molecule has 0 aromatic heterocycles. The van der Waals surface area contributed by atoms with Crippen molar-refractivity contribution < 1.29 is 8.42 Å². The first kappa shape index (κ1) is 18.4. The molecule has 5 nitrogen and oxygen atoms in total. The number of sulfonamides is 1. The van der Waals surface area contributed by atoms with E-state index in [2.05, 4.69) is 17.1 Å². The summed E-state index contributed by atoms with van der Waals surface area (Å²) in [7, 11) is -0.233. The number of hydrogen-bond donors (Lipinski definition) is 1. The Morgan fingerprint density at radius 3 is 2.43 bits per heavy atom. The van der Waals surface area contributed by atoms with Crippen molar-refractivity contribution in [2.45, 2.75) is 24.4 Å². The summed E-state index contributed by atoms with van der Waals surface area (Å²) < 4.78 is 25.2. The number of nitrogens with zero attached hydrogens (tertiary/aromatic N) is 2. The molecule has 120 valence electrons. The topological polar surface area (TPSA) is 52.7 Å². The van der Waals surface area contributed by atoms with Crippen molar-refractivity contribution in [3.05, 3.63) is 29.8 Å². The molecule has 0 radical (unpaired) electrons. The van der Waals surface area contributed by atoms with E-state index in [1.165, 1.54) is 4.31 Å². The van der Waals surface area contributed by atoms with Crippen molar-refractivity contribution in [2.24, 2.45) is 0 Å². The molecule has 0 saturated carbocycles. The van der Waals surface area contributed by atoms with Crippen LogP contribution in [0.1, 0.15) is 12.5 Å². The summed E-state index contributed by atoms with van der Waals surface area (Å²) in [5.41, 5.74) is 1.15. The first-order valence-corrected chi connectivity index (χ1v) is 8.31. The molecular weight excluding hydrogens is 310 g/mol. The van der Waals surface area contributed by atoms with Crippen LogP contribution in [0, 0.1) is 0 Å². The summed E-state index contributed by atoms with van der Waals surface area (Å²) in [6.07, 6.45) is 0. The first-order valence-electron chi connectivity index (χ1n) is 6.87. The second kappa shape index (κ2) is 7.56. The molecule has 0 bridgehead atoms. The third-order valence-electron chi connectivity index (χ3n) is 3.73. The summed E-state index contributed by atoms with van der Waals surface area (Å²) in [6, 6.07) is 7.71. The Balaban J connectivity index is 0.00000220. The van der Waals surface area contributed by atoms with E-state index >= 15 is 0 Å². The molecule has 1 saturated heterocycles. The number of rotatable bonds is 4. The molecule has 1 atom stereocenters. The number of piperazine rings is 1. The predicted molar refractivity (Wildman–Crippen MR) is 87.3 cm³/mol. The molecule has 0 amide bonds. The first-order chi connectivity index (χ1) is 9.41. The Hall–Kier alpha value is -0.660. The van der Waals surface area contributed by atoms with Gasteiger partial charge in [-0.15, -0.1) is 12.4 Å². The number of nitrogens with one attached hydrogen (secondary N) is 1. The van der Waals surface area contributed by atoms with Crippen LogP contribution in [-0.4, -0.2) is 57.4 Å². The van der Waals surface area contributed by atoms with E-state index in [9.17, 15) is 8.42 Å². The van der Waals surface area contributed by atoms with Crippen LogP contribution < -0.4 is 5.32 Å². The Kier molecular flexibility index (Phi) is 6.62. The van der Waals surface area contributed by atoms with E-state index in [0.717, 1.165) is 31.7 Å². The van der Waals surface area contributed by atoms with Crippen LogP contribution in [0.3, 0.4) is 0 Å². The molecule has 1 fully saturated rings. The second-order valence-corrected chi connectivity index (χ2v) is 7.61. The van der Waals surface area contributed by atoms with Crippen molar-refractivity contribution in [1.82, 2.24) is 14.5 Å². The fraction of sp³-hybridized carbons (Fsp3) is 0.571. The summed E-state index contributed by atoms with van der Waals surface area (Å²) in [4.78, 5) is 2.76. The van der Waals surface area contributed by atoms with E-state index in [1.807, 2.05) is 12.1 Å². The number of halogens is 1. The van der Waals surface area contributed by atoms with Crippen LogP contribution in [0.15, 0.2) is 29.2 Å². The molecule has 1 N–H and O–H groups in total. The second-order valence-electron chi connectivity index (χ2n) is 5.46. The maximum Gasteiger partial charge on any atom is 0.242 e. The van der Waals surface area contributed by atoms with E-state index < -0.39 is 10.0 Å². The summed E-state index contributed by atoms with van der Waals surface area (Å²) in [5.74, 6) is 0. The molecule has 1 aromatic rings. The predicted octanol–water partition coefficient (Wildman–Crippen LogP) is 1.15.